The molecule has 0 amide bonds. The van der Waals surface area contributed by atoms with E-state index in [1.807, 2.05) is 37.3 Å². The second kappa shape index (κ2) is 5.59. The van der Waals surface area contributed by atoms with Crippen LogP contribution in [-0.4, -0.2) is 26.2 Å². The Morgan fingerprint density at radius 2 is 1.65 bits per heavy atom. The standard InChI is InChI=1S/C16H16O3S/c1-12-4-3-5-15(10-12)13-6-8-14(9-7-13)16(17)11-20(2,18)19/h3-10H,11H2,1-2H3. The summed E-state index contributed by atoms with van der Waals surface area (Å²) < 4.78 is 22.2. The number of ketones is 1. The molecule has 4 heteroatoms. The lowest BCUT2D eigenvalue weighted by Crippen LogP contribution is -2.14. The van der Waals surface area contributed by atoms with Crippen LogP contribution in [0.15, 0.2) is 48.5 Å². The van der Waals surface area contributed by atoms with Gasteiger partial charge in [-0.25, -0.2) is 8.42 Å². The minimum absolute atomic E-state index is 0.372. The van der Waals surface area contributed by atoms with Crippen molar-refractivity contribution in [1.82, 2.24) is 0 Å². The number of hydrogen-bond acceptors (Lipinski definition) is 3. The molecule has 0 aliphatic rings. The van der Waals surface area contributed by atoms with E-state index >= 15 is 0 Å². The van der Waals surface area contributed by atoms with Gasteiger partial charge in [0.25, 0.3) is 0 Å². The van der Waals surface area contributed by atoms with E-state index in [-0.39, 0.29) is 5.78 Å². The van der Waals surface area contributed by atoms with E-state index in [0.717, 1.165) is 17.4 Å². The van der Waals surface area contributed by atoms with Crippen LogP contribution >= 0.6 is 0 Å². The molecule has 104 valence electrons. The number of hydrogen-bond donors (Lipinski definition) is 0. The number of rotatable bonds is 4. The highest BCUT2D eigenvalue weighted by Gasteiger charge is 2.13. The van der Waals surface area contributed by atoms with Crippen molar-refractivity contribution in [3.63, 3.8) is 0 Å². The monoisotopic (exact) mass is 288 g/mol. The van der Waals surface area contributed by atoms with Crippen LogP contribution in [0.3, 0.4) is 0 Å². The summed E-state index contributed by atoms with van der Waals surface area (Å²) in [5.74, 6) is -0.820. The highest BCUT2D eigenvalue weighted by molar-refractivity contribution is 7.91. The fourth-order valence-electron chi connectivity index (χ4n) is 1.99. The van der Waals surface area contributed by atoms with Crippen LogP contribution in [0.2, 0.25) is 0 Å². The van der Waals surface area contributed by atoms with Crippen molar-refractivity contribution in [2.24, 2.45) is 0 Å². The second-order valence-electron chi connectivity index (χ2n) is 4.94. The SMILES string of the molecule is Cc1cccc(-c2ccc(C(=O)CS(C)(=O)=O)cc2)c1. The lowest BCUT2D eigenvalue weighted by atomic mass is 10.0. The van der Waals surface area contributed by atoms with Crippen LogP contribution < -0.4 is 0 Å². The van der Waals surface area contributed by atoms with Crippen molar-refractivity contribution < 1.29 is 13.2 Å². The van der Waals surface area contributed by atoms with Gasteiger partial charge < -0.3 is 0 Å². The molecule has 0 aliphatic heterocycles. The highest BCUT2D eigenvalue weighted by atomic mass is 32.2. The van der Waals surface area contributed by atoms with Crippen LogP contribution in [0.25, 0.3) is 11.1 Å². The predicted molar refractivity (Wildman–Crippen MR) is 80.7 cm³/mol. The average molecular weight is 288 g/mol. The molecular formula is C16H16O3S. The lowest BCUT2D eigenvalue weighted by Gasteiger charge is -2.05. The largest absolute Gasteiger partial charge is 0.293 e. The van der Waals surface area contributed by atoms with Crippen molar-refractivity contribution in [1.29, 1.82) is 0 Å². The van der Waals surface area contributed by atoms with E-state index in [0.29, 0.717) is 5.56 Å². The van der Waals surface area contributed by atoms with Gasteiger partial charge in [-0.15, -0.1) is 0 Å². The fraction of sp³-hybridized carbons (Fsp3) is 0.188. The summed E-state index contributed by atoms with van der Waals surface area (Å²) in [7, 11) is -3.29. The van der Waals surface area contributed by atoms with Crippen molar-refractivity contribution >= 4 is 15.6 Å². The quantitative estimate of drug-likeness (QED) is 0.813. The second-order valence-corrected chi connectivity index (χ2v) is 7.08. The fourth-order valence-corrected chi connectivity index (χ4v) is 2.64. The topological polar surface area (TPSA) is 51.2 Å². The lowest BCUT2D eigenvalue weighted by molar-refractivity contribution is 0.102. The number of carbonyl (C=O) groups excluding carboxylic acids is 1. The van der Waals surface area contributed by atoms with Gasteiger partial charge in [0.2, 0.25) is 0 Å². The minimum Gasteiger partial charge on any atom is -0.293 e. The molecule has 0 spiro atoms. The molecule has 20 heavy (non-hydrogen) atoms. The van der Waals surface area contributed by atoms with Crippen LogP contribution in [0, 0.1) is 6.92 Å². The van der Waals surface area contributed by atoms with E-state index in [2.05, 4.69) is 6.07 Å². The molecule has 0 bridgehead atoms. The van der Waals surface area contributed by atoms with Crippen molar-refractivity contribution in [3.05, 3.63) is 59.7 Å². The third kappa shape index (κ3) is 3.78. The van der Waals surface area contributed by atoms with Gasteiger partial charge in [0.1, 0.15) is 5.75 Å². The van der Waals surface area contributed by atoms with Crippen molar-refractivity contribution in [3.8, 4) is 11.1 Å². The number of sulfone groups is 1. The molecule has 2 aromatic rings. The first kappa shape index (κ1) is 14.5. The number of carbonyl (C=O) groups is 1. The summed E-state index contributed by atoms with van der Waals surface area (Å²) in [6.45, 7) is 2.02. The first-order valence-electron chi connectivity index (χ1n) is 6.23. The molecule has 0 saturated heterocycles. The zero-order chi connectivity index (χ0) is 14.8. The Hall–Kier alpha value is -1.94. The van der Waals surface area contributed by atoms with Gasteiger partial charge in [0.05, 0.1) is 0 Å². The van der Waals surface area contributed by atoms with Gasteiger partial charge in [-0.2, -0.15) is 0 Å². The molecule has 3 nitrogen and oxygen atoms in total. The van der Waals surface area contributed by atoms with Crippen LogP contribution in [0.1, 0.15) is 15.9 Å². The van der Waals surface area contributed by atoms with E-state index in [9.17, 15) is 13.2 Å². The van der Waals surface area contributed by atoms with Gasteiger partial charge >= 0.3 is 0 Å². The molecule has 2 aromatic carbocycles. The van der Waals surface area contributed by atoms with Crippen molar-refractivity contribution in [2.45, 2.75) is 6.92 Å². The molecule has 0 aliphatic carbocycles. The molecule has 2 rings (SSSR count). The zero-order valence-electron chi connectivity index (χ0n) is 11.5. The first-order valence-corrected chi connectivity index (χ1v) is 8.29. The van der Waals surface area contributed by atoms with E-state index < -0.39 is 15.6 Å². The maximum atomic E-state index is 11.8. The Kier molecular flexibility index (Phi) is 4.04. The zero-order valence-corrected chi connectivity index (χ0v) is 12.3. The molecule has 0 unspecified atom stereocenters. The van der Waals surface area contributed by atoms with Crippen LogP contribution in [0.4, 0.5) is 0 Å². The summed E-state index contributed by atoms with van der Waals surface area (Å²) in [5.41, 5.74) is 3.67. The summed E-state index contributed by atoms with van der Waals surface area (Å²) >= 11 is 0. The number of aryl methyl sites for hydroxylation is 1. The third-order valence-corrected chi connectivity index (χ3v) is 3.74. The van der Waals surface area contributed by atoms with E-state index in [1.54, 1.807) is 12.1 Å². The molecule has 0 atom stereocenters. The molecule has 0 fully saturated rings. The average Bonchev–Trinajstić information content (AvgIpc) is 2.37. The third-order valence-electron chi connectivity index (χ3n) is 2.95. The Labute approximate surface area is 119 Å². The van der Waals surface area contributed by atoms with Crippen LogP contribution in [0.5, 0.6) is 0 Å². The molecule has 0 saturated carbocycles. The van der Waals surface area contributed by atoms with Crippen molar-refractivity contribution in [2.75, 3.05) is 12.0 Å². The maximum Gasteiger partial charge on any atom is 0.177 e. The summed E-state index contributed by atoms with van der Waals surface area (Å²) in [4.78, 5) is 11.8. The van der Waals surface area contributed by atoms with Gasteiger partial charge in [0, 0.05) is 11.8 Å². The number of Topliss-reactive ketones (excluding diaryl/α,β-unsaturated/α-hetero) is 1. The molecule has 0 N–H and O–H groups in total. The Morgan fingerprint density at radius 3 is 2.20 bits per heavy atom. The molecular weight excluding hydrogens is 272 g/mol. The summed E-state index contributed by atoms with van der Waals surface area (Å²) in [6.07, 6.45) is 1.06. The van der Waals surface area contributed by atoms with E-state index in [4.69, 9.17) is 0 Å². The summed E-state index contributed by atoms with van der Waals surface area (Å²) in [5, 5.41) is 0. The molecule has 0 radical (unpaired) electrons. The minimum atomic E-state index is -3.29. The van der Waals surface area contributed by atoms with Crippen LogP contribution in [-0.2, 0) is 9.84 Å². The Balaban J connectivity index is 2.25. The molecule has 0 aromatic heterocycles. The first-order chi connectivity index (χ1) is 9.35. The van der Waals surface area contributed by atoms with Gasteiger partial charge in [-0.05, 0) is 18.1 Å². The highest BCUT2D eigenvalue weighted by Crippen LogP contribution is 2.21. The van der Waals surface area contributed by atoms with Gasteiger partial charge in [0.15, 0.2) is 15.6 Å². The van der Waals surface area contributed by atoms with Gasteiger partial charge in [-0.1, -0.05) is 54.1 Å². The molecule has 0 heterocycles. The Morgan fingerprint density at radius 1 is 1.00 bits per heavy atom. The number of benzene rings is 2. The Bertz CT molecular complexity index is 729. The normalized spacial score (nSPS) is 11.3. The smallest absolute Gasteiger partial charge is 0.177 e. The predicted octanol–water partition coefficient (Wildman–Crippen LogP) is 2.89. The maximum absolute atomic E-state index is 11.8. The van der Waals surface area contributed by atoms with E-state index in [1.165, 1.54) is 5.56 Å². The summed E-state index contributed by atoms with van der Waals surface area (Å²) in [6, 6.07) is 15.1. The van der Waals surface area contributed by atoms with Gasteiger partial charge in [-0.3, -0.25) is 4.79 Å².